The van der Waals surface area contributed by atoms with Crippen molar-refractivity contribution in [3.8, 4) is 5.75 Å². The highest BCUT2D eigenvalue weighted by Crippen LogP contribution is 2.19. The Labute approximate surface area is 180 Å². The standard InChI is InChI=1S/C25H34N2O3/c1-5-15-26-25(29)22(6-2)27(16-14-21-10-8-7-9-11-21)24(28)18-30-23-17-19(3)12-13-20(23)4/h7-13,17,22H,5-6,14-16,18H2,1-4H3,(H,26,29). The lowest BCUT2D eigenvalue weighted by molar-refractivity contribution is -0.142. The number of aryl methyl sites for hydroxylation is 2. The lowest BCUT2D eigenvalue weighted by Crippen LogP contribution is -2.51. The van der Waals surface area contributed by atoms with Crippen molar-refractivity contribution < 1.29 is 14.3 Å². The molecule has 0 aliphatic rings. The quantitative estimate of drug-likeness (QED) is 0.608. The summed E-state index contributed by atoms with van der Waals surface area (Å²) < 4.78 is 5.85. The number of carbonyl (C=O) groups is 2. The average molecular weight is 411 g/mol. The van der Waals surface area contributed by atoms with Crippen molar-refractivity contribution in [3.63, 3.8) is 0 Å². The Kier molecular flexibility index (Phi) is 9.39. The minimum absolute atomic E-state index is 0.0867. The molecule has 162 valence electrons. The van der Waals surface area contributed by atoms with E-state index in [1.165, 1.54) is 0 Å². The van der Waals surface area contributed by atoms with Crippen LogP contribution in [0, 0.1) is 13.8 Å². The van der Waals surface area contributed by atoms with Crippen LogP contribution in [0.15, 0.2) is 48.5 Å². The Morgan fingerprint density at radius 3 is 2.47 bits per heavy atom. The Morgan fingerprint density at radius 1 is 1.07 bits per heavy atom. The second-order valence-corrected chi connectivity index (χ2v) is 7.60. The summed E-state index contributed by atoms with van der Waals surface area (Å²) >= 11 is 0. The van der Waals surface area contributed by atoms with Crippen LogP contribution in [0.25, 0.3) is 0 Å². The fourth-order valence-electron chi connectivity index (χ4n) is 3.35. The van der Waals surface area contributed by atoms with E-state index in [0.717, 1.165) is 23.1 Å². The van der Waals surface area contributed by atoms with Crippen LogP contribution in [-0.2, 0) is 16.0 Å². The monoisotopic (exact) mass is 410 g/mol. The van der Waals surface area contributed by atoms with Gasteiger partial charge in [-0.25, -0.2) is 0 Å². The van der Waals surface area contributed by atoms with Crippen LogP contribution in [0.1, 0.15) is 43.4 Å². The highest BCUT2D eigenvalue weighted by molar-refractivity contribution is 5.88. The van der Waals surface area contributed by atoms with E-state index in [0.29, 0.717) is 31.7 Å². The largest absolute Gasteiger partial charge is 0.483 e. The van der Waals surface area contributed by atoms with E-state index in [2.05, 4.69) is 5.32 Å². The molecule has 0 saturated carbocycles. The SMILES string of the molecule is CCCNC(=O)C(CC)N(CCc1ccccc1)C(=O)COc1cc(C)ccc1C. The third kappa shape index (κ3) is 6.90. The zero-order chi connectivity index (χ0) is 21.9. The van der Waals surface area contributed by atoms with Gasteiger partial charge in [-0.2, -0.15) is 0 Å². The van der Waals surface area contributed by atoms with Crippen molar-refractivity contribution in [2.24, 2.45) is 0 Å². The molecule has 1 atom stereocenters. The van der Waals surface area contributed by atoms with Gasteiger partial charge in [-0.1, -0.05) is 56.3 Å². The first-order valence-corrected chi connectivity index (χ1v) is 10.8. The molecule has 0 aliphatic heterocycles. The van der Waals surface area contributed by atoms with Crippen molar-refractivity contribution in [1.29, 1.82) is 0 Å². The van der Waals surface area contributed by atoms with Gasteiger partial charge in [0.15, 0.2) is 6.61 Å². The maximum Gasteiger partial charge on any atom is 0.261 e. The van der Waals surface area contributed by atoms with E-state index in [9.17, 15) is 9.59 Å². The van der Waals surface area contributed by atoms with E-state index in [1.807, 2.05) is 76.2 Å². The molecule has 5 nitrogen and oxygen atoms in total. The molecular formula is C25H34N2O3. The number of amides is 2. The average Bonchev–Trinajstić information content (AvgIpc) is 2.76. The summed E-state index contributed by atoms with van der Waals surface area (Å²) in [5, 5.41) is 2.93. The molecule has 0 saturated heterocycles. The zero-order valence-electron chi connectivity index (χ0n) is 18.6. The Hall–Kier alpha value is -2.82. The van der Waals surface area contributed by atoms with Crippen LogP contribution in [0.2, 0.25) is 0 Å². The first kappa shape index (κ1) is 23.5. The molecule has 0 bridgehead atoms. The van der Waals surface area contributed by atoms with Gasteiger partial charge < -0.3 is 15.0 Å². The topological polar surface area (TPSA) is 58.6 Å². The molecule has 0 spiro atoms. The predicted octanol–water partition coefficient (Wildman–Crippen LogP) is 4.06. The van der Waals surface area contributed by atoms with Gasteiger partial charge >= 0.3 is 0 Å². The third-order valence-electron chi connectivity index (χ3n) is 5.11. The summed E-state index contributed by atoms with van der Waals surface area (Å²) in [6.07, 6.45) is 2.10. The summed E-state index contributed by atoms with van der Waals surface area (Å²) in [5.74, 6) is 0.424. The second kappa shape index (κ2) is 12.0. The maximum absolute atomic E-state index is 13.1. The number of hydrogen-bond acceptors (Lipinski definition) is 3. The fourth-order valence-corrected chi connectivity index (χ4v) is 3.35. The summed E-state index contributed by atoms with van der Waals surface area (Å²) in [6.45, 7) is 8.88. The highest BCUT2D eigenvalue weighted by Gasteiger charge is 2.28. The van der Waals surface area contributed by atoms with Gasteiger partial charge in [-0.05, 0) is 55.9 Å². The number of carbonyl (C=O) groups excluding carboxylic acids is 2. The molecule has 1 N–H and O–H groups in total. The molecule has 2 rings (SSSR count). The van der Waals surface area contributed by atoms with Crippen LogP contribution in [0.4, 0.5) is 0 Å². The normalized spacial score (nSPS) is 11.6. The van der Waals surface area contributed by atoms with Crippen molar-refractivity contribution in [3.05, 3.63) is 65.2 Å². The molecule has 0 aliphatic carbocycles. The number of benzene rings is 2. The molecule has 2 aromatic carbocycles. The Morgan fingerprint density at radius 2 is 1.80 bits per heavy atom. The lowest BCUT2D eigenvalue weighted by atomic mass is 10.1. The number of rotatable bonds is 11. The molecule has 0 radical (unpaired) electrons. The smallest absolute Gasteiger partial charge is 0.261 e. The van der Waals surface area contributed by atoms with E-state index in [4.69, 9.17) is 4.74 Å². The van der Waals surface area contributed by atoms with Gasteiger partial charge in [0.25, 0.3) is 5.91 Å². The van der Waals surface area contributed by atoms with Gasteiger partial charge in [0.05, 0.1) is 0 Å². The number of ether oxygens (including phenoxy) is 1. The van der Waals surface area contributed by atoms with Crippen LogP contribution < -0.4 is 10.1 Å². The molecule has 30 heavy (non-hydrogen) atoms. The molecule has 0 aromatic heterocycles. The molecule has 2 aromatic rings. The van der Waals surface area contributed by atoms with Crippen molar-refractivity contribution in [2.75, 3.05) is 19.7 Å². The first-order valence-electron chi connectivity index (χ1n) is 10.8. The predicted molar refractivity (Wildman–Crippen MR) is 121 cm³/mol. The summed E-state index contributed by atoms with van der Waals surface area (Å²) in [5.41, 5.74) is 3.20. The summed E-state index contributed by atoms with van der Waals surface area (Å²) in [4.78, 5) is 27.5. The van der Waals surface area contributed by atoms with E-state index >= 15 is 0 Å². The van der Waals surface area contributed by atoms with E-state index < -0.39 is 6.04 Å². The van der Waals surface area contributed by atoms with Gasteiger partial charge in [0.1, 0.15) is 11.8 Å². The zero-order valence-corrected chi connectivity index (χ0v) is 18.6. The van der Waals surface area contributed by atoms with Crippen LogP contribution in [0.3, 0.4) is 0 Å². The lowest BCUT2D eigenvalue weighted by Gasteiger charge is -2.30. The summed E-state index contributed by atoms with van der Waals surface area (Å²) in [7, 11) is 0. The maximum atomic E-state index is 13.1. The molecule has 1 unspecified atom stereocenters. The second-order valence-electron chi connectivity index (χ2n) is 7.60. The molecule has 5 heteroatoms. The molecule has 2 amide bonds. The first-order chi connectivity index (χ1) is 14.5. The van der Waals surface area contributed by atoms with Crippen LogP contribution in [-0.4, -0.2) is 42.5 Å². The van der Waals surface area contributed by atoms with Gasteiger partial charge in [-0.3, -0.25) is 9.59 Å². The summed E-state index contributed by atoms with van der Waals surface area (Å²) in [6, 6.07) is 15.4. The Bertz CT molecular complexity index is 820. The fraction of sp³-hybridized carbons (Fsp3) is 0.440. The van der Waals surface area contributed by atoms with E-state index in [1.54, 1.807) is 4.90 Å². The minimum atomic E-state index is -0.505. The van der Waals surface area contributed by atoms with Gasteiger partial charge in [0, 0.05) is 13.1 Å². The van der Waals surface area contributed by atoms with E-state index in [-0.39, 0.29) is 18.4 Å². The van der Waals surface area contributed by atoms with Crippen LogP contribution >= 0.6 is 0 Å². The molecule has 0 heterocycles. The number of hydrogen-bond donors (Lipinski definition) is 1. The number of nitrogens with one attached hydrogen (secondary N) is 1. The molecular weight excluding hydrogens is 376 g/mol. The third-order valence-corrected chi connectivity index (χ3v) is 5.11. The van der Waals surface area contributed by atoms with Gasteiger partial charge in [0.2, 0.25) is 5.91 Å². The van der Waals surface area contributed by atoms with Crippen molar-refractivity contribution in [1.82, 2.24) is 10.2 Å². The van der Waals surface area contributed by atoms with Crippen LogP contribution in [0.5, 0.6) is 5.75 Å². The number of nitrogens with zero attached hydrogens (tertiary/aromatic N) is 1. The van der Waals surface area contributed by atoms with Crippen molar-refractivity contribution >= 4 is 11.8 Å². The highest BCUT2D eigenvalue weighted by atomic mass is 16.5. The molecule has 0 fully saturated rings. The Balaban J connectivity index is 2.14. The minimum Gasteiger partial charge on any atom is -0.483 e. The van der Waals surface area contributed by atoms with Crippen molar-refractivity contribution in [2.45, 2.75) is 53.0 Å². The van der Waals surface area contributed by atoms with Gasteiger partial charge in [-0.15, -0.1) is 0 Å².